The molecule has 12 heteroatoms. The van der Waals surface area contributed by atoms with Crippen LogP contribution in [0.3, 0.4) is 0 Å². The molecule has 2 atom stereocenters. The Morgan fingerprint density at radius 3 is 2.67 bits per heavy atom. The van der Waals surface area contributed by atoms with Crippen LogP contribution in [0.5, 0.6) is 0 Å². The standard InChI is InChI=1S/C28H35ClN6O4S/c1-17-6-8-18(9-7-17)16-35-26-21(32-28(35)34-10-11-39-24-5-3-4-23(24)34)13-22(27(36)33-40(2,37)38)31-25(26)19-12-20(29)15-30-14-19/h12-15,17-18,23-24H,3-11,16H2,1-2H3,(H,33,36)/t17?,18?,23-,24-/m1/s1. The Kier molecular flexibility index (Phi) is 7.47. The summed E-state index contributed by atoms with van der Waals surface area (Å²) in [4.78, 5) is 29.5. The topological polar surface area (TPSA) is 119 Å². The van der Waals surface area contributed by atoms with Crippen LogP contribution in [0.4, 0.5) is 5.95 Å². The Labute approximate surface area is 239 Å². The highest BCUT2D eigenvalue weighted by Gasteiger charge is 2.39. The van der Waals surface area contributed by atoms with Crippen LogP contribution in [0, 0.1) is 11.8 Å². The lowest BCUT2D eigenvalue weighted by molar-refractivity contribution is 0.0247. The molecule has 3 aliphatic rings. The van der Waals surface area contributed by atoms with Crippen LogP contribution >= 0.6 is 11.6 Å². The van der Waals surface area contributed by atoms with E-state index in [-0.39, 0.29) is 17.8 Å². The number of anilines is 1. The molecule has 1 saturated heterocycles. The van der Waals surface area contributed by atoms with Gasteiger partial charge in [-0.25, -0.2) is 23.1 Å². The molecule has 6 rings (SSSR count). The predicted octanol–water partition coefficient (Wildman–Crippen LogP) is 4.42. The second kappa shape index (κ2) is 10.9. The average Bonchev–Trinajstić information content (AvgIpc) is 3.53. The minimum atomic E-state index is -3.78. The van der Waals surface area contributed by atoms with Crippen molar-refractivity contribution in [1.82, 2.24) is 24.2 Å². The van der Waals surface area contributed by atoms with Gasteiger partial charge in [0.2, 0.25) is 16.0 Å². The van der Waals surface area contributed by atoms with Crippen LogP contribution in [0.1, 0.15) is 62.4 Å². The number of sulfonamides is 1. The number of imidazole rings is 1. The largest absolute Gasteiger partial charge is 0.374 e. The lowest BCUT2D eigenvalue weighted by Gasteiger charge is -2.39. The second-order valence-electron chi connectivity index (χ2n) is 11.6. The smallest absolute Gasteiger partial charge is 0.283 e. The highest BCUT2D eigenvalue weighted by atomic mass is 35.5. The summed E-state index contributed by atoms with van der Waals surface area (Å²) in [5.74, 6) is 1.28. The third-order valence-corrected chi connectivity index (χ3v) is 9.27. The molecule has 0 aromatic carbocycles. The van der Waals surface area contributed by atoms with Gasteiger partial charge in [0.25, 0.3) is 5.91 Å². The van der Waals surface area contributed by atoms with Crippen LogP contribution < -0.4 is 9.62 Å². The number of nitrogens with zero attached hydrogens (tertiary/aromatic N) is 5. The fraction of sp³-hybridized carbons (Fsp3) is 0.571. The molecule has 1 aliphatic heterocycles. The van der Waals surface area contributed by atoms with Gasteiger partial charge in [0.15, 0.2) is 0 Å². The minimum absolute atomic E-state index is 0.0312. The highest BCUT2D eigenvalue weighted by Crippen LogP contribution is 2.39. The first-order valence-electron chi connectivity index (χ1n) is 14.1. The van der Waals surface area contributed by atoms with Gasteiger partial charge in [-0.3, -0.25) is 9.78 Å². The van der Waals surface area contributed by atoms with E-state index in [1.807, 2.05) is 4.72 Å². The SMILES string of the molecule is CC1CCC(Cn2c(N3CCO[C@@H]4CCC[C@H]43)nc3cc(C(=O)NS(C)(=O)=O)nc(-c4cncc(Cl)c4)c32)CC1. The molecule has 0 bridgehead atoms. The lowest BCUT2D eigenvalue weighted by Crippen LogP contribution is -2.49. The fourth-order valence-electron chi connectivity index (χ4n) is 6.56. The molecule has 3 aromatic heterocycles. The summed E-state index contributed by atoms with van der Waals surface area (Å²) in [7, 11) is -3.78. The van der Waals surface area contributed by atoms with E-state index in [2.05, 4.69) is 21.4 Å². The van der Waals surface area contributed by atoms with Gasteiger partial charge in [0.05, 0.1) is 46.8 Å². The van der Waals surface area contributed by atoms with Crippen molar-refractivity contribution in [2.45, 2.75) is 70.6 Å². The number of ether oxygens (including phenoxy) is 1. The zero-order valence-electron chi connectivity index (χ0n) is 22.8. The maximum atomic E-state index is 13.0. The molecule has 2 saturated carbocycles. The van der Waals surface area contributed by atoms with Crippen molar-refractivity contribution in [3.8, 4) is 11.3 Å². The molecule has 4 heterocycles. The van der Waals surface area contributed by atoms with Crippen LogP contribution in [0.25, 0.3) is 22.3 Å². The van der Waals surface area contributed by atoms with Crippen LogP contribution in [-0.4, -0.2) is 65.4 Å². The van der Waals surface area contributed by atoms with Gasteiger partial charge in [-0.2, -0.15) is 0 Å². The number of carbonyl (C=O) groups is 1. The lowest BCUT2D eigenvalue weighted by atomic mass is 9.83. The Bertz CT molecular complexity index is 1540. The van der Waals surface area contributed by atoms with E-state index in [4.69, 9.17) is 26.3 Å². The maximum Gasteiger partial charge on any atom is 0.283 e. The molecular formula is C28H35ClN6O4S. The molecule has 0 spiro atoms. The average molecular weight is 587 g/mol. The Morgan fingerprint density at radius 2 is 1.93 bits per heavy atom. The highest BCUT2D eigenvalue weighted by molar-refractivity contribution is 7.89. The van der Waals surface area contributed by atoms with Gasteiger partial charge >= 0.3 is 0 Å². The third-order valence-electron chi connectivity index (χ3n) is 8.51. The molecule has 214 valence electrons. The summed E-state index contributed by atoms with van der Waals surface area (Å²) >= 11 is 6.34. The molecule has 1 amide bonds. The van der Waals surface area contributed by atoms with E-state index < -0.39 is 15.9 Å². The van der Waals surface area contributed by atoms with Gasteiger partial charge in [-0.15, -0.1) is 0 Å². The van der Waals surface area contributed by atoms with Crippen molar-refractivity contribution in [2.75, 3.05) is 24.3 Å². The van der Waals surface area contributed by atoms with Gasteiger partial charge in [-0.1, -0.05) is 31.4 Å². The zero-order valence-corrected chi connectivity index (χ0v) is 24.4. The van der Waals surface area contributed by atoms with E-state index in [0.29, 0.717) is 34.3 Å². The number of hydrogen-bond acceptors (Lipinski definition) is 8. The summed E-state index contributed by atoms with van der Waals surface area (Å²) in [5.41, 5.74) is 2.50. The number of aromatic nitrogens is 4. The van der Waals surface area contributed by atoms with Crippen LogP contribution in [0.2, 0.25) is 5.02 Å². The minimum Gasteiger partial charge on any atom is -0.374 e. The number of morpholine rings is 1. The predicted molar refractivity (Wildman–Crippen MR) is 154 cm³/mol. The van der Waals surface area contributed by atoms with Gasteiger partial charge in [0.1, 0.15) is 5.69 Å². The van der Waals surface area contributed by atoms with Gasteiger partial charge < -0.3 is 14.2 Å². The summed E-state index contributed by atoms with van der Waals surface area (Å²) in [6.45, 7) is 4.47. The second-order valence-corrected chi connectivity index (χ2v) is 13.8. The Morgan fingerprint density at radius 1 is 1.12 bits per heavy atom. The summed E-state index contributed by atoms with van der Waals surface area (Å²) < 4.78 is 34.2. The fourth-order valence-corrected chi connectivity index (χ4v) is 7.18. The summed E-state index contributed by atoms with van der Waals surface area (Å²) in [6.07, 6.45) is 12.2. The maximum absolute atomic E-state index is 13.0. The van der Waals surface area contributed by atoms with Crippen LogP contribution in [-0.2, 0) is 21.3 Å². The number of carbonyl (C=O) groups excluding carboxylic acids is 1. The van der Waals surface area contributed by atoms with E-state index in [0.717, 1.165) is 68.8 Å². The van der Waals surface area contributed by atoms with Crippen molar-refractivity contribution in [3.63, 3.8) is 0 Å². The van der Waals surface area contributed by atoms with Crippen molar-refractivity contribution in [2.24, 2.45) is 11.8 Å². The first kappa shape index (κ1) is 27.4. The van der Waals surface area contributed by atoms with Crippen molar-refractivity contribution >= 4 is 44.5 Å². The molecular weight excluding hydrogens is 552 g/mol. The number of halogens is 1. The number of rotatable bonds is 6. The number of amides is 1. The van der Waals surface area contributed by atoms with E-state index in [9.17, 15) is 13.2 Å². The number of fused-ring (bicyclic) bond motifs is 2. The van der Waals surface area contributed by atoms with E-state index in [1.54, 1.807) is 24.5 Å². The van der Waals surface area contributed by atoms with E-state index in [1.165, 1.54) is 12.8 Å². The third kappa shape index (κ3) is 5.56. The van der Waals surface area contributed by atoms with Crippen molar-refractivity contribution in [3.05, 3.63) is 35.2 Å². The quantitative estimate of drug-likeness (QED) is 0.451. The number of nitrogens with one attached hydrogen (secondary N) is 1. The molecule has 1 N–H and O–H groups in total. The van der Waals surface area contributed by atoms with Crippen molar-refractivity contribution in [1.29, 1.82) is 0 Å². The zero-order chi connectivity index (χ0) is 28.0. The van der Waals surface area contributed by atoms with Gasteiger partial charge in [0, 0.05) is 31.0 Å². The Hall–Kier alpha value is -2.76. The first-order valence-corrected chi connectivity index (χ1v) is 16.4. The molecule has 3 aromatic rings. The molecule has 0 radical (unpaired) electrons. The molecule has 0 unspecified atom stereocenters. The summed E-state index contributed by atoms with van der Waals surface area (Å²) in [6, 6.07) is 3.59. The van der Waals surface area contributed by atoms with Crippen LogP contribution in [0.15, 0.2) is 24.5 Å². The normalized spacial score (nSPS) is 25.2. The first-order chi connectivity index (χ1) is 19.2. The monoisotopic (exact) mass is 586 g/mol. The molecule has 10 nitrogen and oxygen atoms in total. The number of pyridine rings is 2. The Balaban J connectivity index is 1.55. The molecule has 2 aliphatic carbocycles. The van der Waals surface area contributed by atoms with E-state index >= 15 is 0 Å². The van der Waals surface area contributed by atoms with Crippen molar-refractivity contribution < 1.29 is 17.9 Å². The molecule has 40 heavy (non-hydrogen) atoms. The summed E-state index contributed by atoms with van der Waals surface area (Å²) in [5, 5.41) is 0.438. The molecule has 3 fully saturated rings. The van der Waals surface area contributed by atoms with Gasteiger partial charge in [-0.05, 0) is 56.1 Å². The number of hydrogen-bond donors (Lipinski definition) is 1.